The van der Waals surface area contributed by atoms with Crippen LogP contribution in [0.3, 0.4) is 0 Å². The van der Waals surface area contributed by atoms with Gasteiger partial charge in [-0.3, -0.25) is 9.48 Å². The Morgan fingerprint density at radius 3 is 2.80 bits per heavy atom. The fraction of sp³-hybridized carbons (Fsp3) is 0.600. The van der Waals surface area contributed by atoms with Crippen LogP contribution in [0.1, 0.15) is 28.9 Å². The van der Waals surface area contributed by atoms with Crippen molar-refractivity contribution in [3.8, 4) is 0 Å². The summed E-state index contributed by atoms with van der Waals surface area (Å²) in [7, 11) is 1.81. The van der Waals surface area contributed by atoms with Crippen LogP contribution < -0.4 is 11.1 Å². The van der Waals surface area contributed by atoms with Gasteiger partial charge in [0.15, 0.2) is 0 Å². The first-order chi connectivity index (χ1) is 7.06. The third kappa shape index (κ3) is 2.02. The number of nitrogens with two attached hydrogens (primary N) is 1. The normalized spacial score (nSPS) is 24.7. The Kier molecular flexibility index (Phi) is 2.48. The second kappa shape index (κ2) is 3.66. The van der Waals surface area contributed by atoms with Crippen LogP contribution in [0.2, 0.25) is 0 Å². The molecule has 15 heavy (non-hydrogen) atoms. The van der Waals surface area contributed by atoms with Crippen LogP contribution in [0.5, 0.6) is 0 Å². The molecule has 0 aliphatic heterocycles. The van der Waals surface area contributed by atoms with Gasteiger partial charge in [0.25, 0.3) is 5.91 Å². The highest BCUT2D eigenvalue weighted by Crippen LogP contribution is 2.18. The van der Waals surface area contributed by atoms with E-state index in [1.165, 1.54) is 0 Å². The fourth-order valence-corrected chi connectivity index (χ4v) is 1.87. The first-order valence-corrected chi connectivity index (χ1v) is 5.13. The Labute approximate surface area is 88.6 Å². The number of carbonyl (C=O) groups excluding carboxylic acids is 1. The highest BCUT2D eigenvalue weighted by molar-refractivity contribution is 5.95. The second-order valence-corrected chi connectivity index (χ2v) is 4.20. The Bertz CT molecular complexity index is 379. The molecule has 1 aliphatic carbocycles. The van der Waals surface area contributed by atoms with Gasteiger partial charge in [-0.25, -0.2) is 0 Å². The van der Waals surface area contributed by atoms with E-state index < -0.39 is 0 Å². The predicted molar refractivity (Wildman–Crippen MR) is 56.4 cm³/mol. The average Bonchev–Trinajstić information content (AvgIpc) is 2.42. The second-order valence-electron chi connectivity index (χ2n) is 4.20. The van der Waals surface area contributed by atoms with E-state index in [0.29, 0.717) is 5.56 Å². The summed E-state index contributed by atoms with van der Waals surface area (Å²) in [6.45, 7) is 1.83. The Hall–Kier alpha value is -1.36. The predicted octanol–water partition coefficient (Wildman–Crippen LogP) is -0.0520. The number of carbonyl (C=O) groups is 1. The SMILES string of the molecule is Cc1nn(C)cc1C(=O)NC1CC(N)C1. The molecule has 0 unspecified atom stereocenters. The maximum atomic E-state index is 11.8. The molecule has 0 bridgehead atoms. The third-order valence-electron chi connectivity index (χ3n) is 2.77. The van der Waals surface area contributed by atoms with E-state index in [0.717, 1.165) is 18.5 Å². The highest BCUT2D eigenvalue weighted by Gasteiger charge is 2.28. The summed E-state index contributed by atoms with van der Waals surface area (Å²) in [4.78, 5) is 11.8. The van der Waals surface area contributed by atoms with Crippen LogP contribution in [0.25, 0.3) is 0 Å². The molecule has 3 N–H and O–H groups in total. The third-order valence-corrected chi connectivity index (χ3v) is 2.77. The van der Waals surface area contributed by atoms with Gasteiger partial charge >= 0.3 is 0 Å². The largest absolute Gasteiger partial charge is 0.349 e. The summed E-state index contributed by atoms with van der Waals surface area (Å²) in [5, 5.41) is 7.07. The molecule has 1 aromatic heterocycles. The lowest BCUT2D eigenvalue weighted by atomic mass is 9.87. The zero-order chi connectivity index (χ0) is 11.0. The molecule has 0 spiro atoms. The number of amides is 1. The summed E-state index contributed by atoms with van der Waals surface area (Å²) in [5.74, 6) is -0.0440. The standard InChI is InChI=1S/C10H16N4O/c1-6-9(5-14(2)13-6)10(15)12-8-3-7(11)4-8/h5,7-8H,3-4,11H2,1-2H3,(H,12,15). The van der Waals surface area contributed by atoms with Gasteiger partial charge in [0.05, 0.1) is 11.3 Å². The van der Waals surface area contributed by atoms with Crippen molar-refractivity contribution in [2.75, 3.05) is 0 Å². The van der Waals surface area contributed by atoms with E-state index in [1.54, 1.807) is 10.9 Å². The molecule has 1 heterocycles. The molecule has 1 fully saturated rings. The van der Waals surface area contributed by atoms with Gasteiger partial charge < -0.3 is 11.1 Å². The Morgan fingerprint density at radius 2 is 2.33 bits per heavy atom. The Morgan fingerprint density at radius 1 is 1.67 bits per heavy atom. The maximum absolute atomic E-state index is 11.8. The lowest BCUT2D eigenvalue weighted by molar-refractivity contribution is 0.0909. The van der Waals surface area contributed by atoms with Gasteiger partial charge in [0.2, 0.25) is 0 Å². The Balaban J connectivity index is 1.99. The van der Waals surface area contributed by atoms with Crippen molar-refractivity contribution in [1.29, 1.82) is 0 Å². The van der Waals surface area contributed by atoms with E-state index in [1.807, 2.05) is 14.0 Å². The molecule has 0 atom stereocenters. The van der Waals surface area contributed by atoms with Crippen molar-refractivity contribution in [3.05, 3.63) is 17.5 Å². The number of aromatic nitrogens is 2. The molecule has 1 amide bonds. The van der Waals surface area contributed by atoms with Crippen molar-refractivity contribution in [1.82, 2.24) is 15.1 Å². The molecular formula is C10H16N4O. The lowest BCUT2D eigenvalue weighted by Crippen LogP contribution is -2.50. The van der Waals surface area contributed by atoms with Crippen molar-refractivity contribution in [2.24, 2.45) is 12.8 Å². The van der Waals surface area contributed by atoms with Crippen LogP contribution in [-0.4, -0.2) is 27.8 Å². The number of nitrogens with zero attached hydrogens (tertiary/aromatic N) is 2. The van der Waals surface area contributed by atoms with Crippen LogP contribution in [0.15, 0.2) is 6.20 Å². The molecule has 5 heteroatoms. The van der Waals surface area contributed by atoms with Gasteiger partial charge in [-0.2, -0.15) is 5.10 Å². The summed E-state index contributed by atoms with van der Waals surface area (Å²) < 4.78 is 1.65. The number of hydrogen-bond acceptors (Lipinski definition) is 3. The summed E-state index contributed by atoms with van der Waals surface area (Å²) >= 11 is 0. The quantitative estimate of drug-likeness (QED) is 0.715. The molecule has 1 saturated carbocycles. The molecule has 1 aliphatic rings. The maximum Gasteiger partial charge on any atom is 0.254 e. The summed E-state index contributed by atoms with van der Waals surface area (Å²) in [5.41, 5.74) is 7.06. The van der Waals surface area contributed by atoms with Gasteiger partial charge in [0.1, 0.15) is 0 Å². The number of hydrogen-bond donors (Lipinski definition) is 2. The molecule has 0 saturated heterocycles. The van der Waals surface area contributed by atoms with Gasteiger partial charge in [-0.05, 0) is 19.8 Å². The molecule has 0 aromatic carbocycles. The molecule has 2 rings (SSSR count). The van der Waals surface area contributed by atoms with E-state index in [9.17, 15) is 4.79 Å². The minimum absolute atomic E-state index is 0.0440. The van der Waals surface area contributed by atoms with Crippen molar-refractivity contribution in [3.63, 3.8) is 0 Å². The molecule has 0 radical (unpaired) electrons. The smallest absolute Gasteiger partial charge is 0.254 e. The number of rotatable bonds is 2. The summed E-state index contributed by atoms with van der Waals surface area (Å²) in [6.07, 6.45) is 3.50. The zero-order valence-electron chi connectivity index (χ0n) is 9.03. The lowest BCUT2D eigenvalue weighted by Gasteiger charge is -2.32. The minimum atomic E-state index is -0.0440. The highest BCUT2D eigenvalue weighted by atomic mass is 16.1. The van der Waals surface area contributed by atoms with Crippen LogP contribution in [-0.2, 0) is 7.05 Å². The fourth-order valence-electron chi connectivity index (χ4n) is 1.87. The molecule has 1 aromatic rings. The molecular weight excluding hydrogens is 192 g/mol. The van der Waals surface area contributed by atoms with Crippen molar-refractivity contribution < 1.29 is 4.79 Å². The first-order valence-electron chi connectivity index (χ1n) is 5.13. The van der Waals surface area contributed by atoms with Crippen LogP contribution in [0, 0.1) is 6.92 Å². The first kappa shape index (κ1) is 10.2. The van der Waals surface area contributed by atoms with Gasteiger partial charge in [-0.1, -0.05) is 0 Å². The summed E-state index contributed by atoms with van der Waals surface area (Å²) in [6, 6.07) is 0.498. The van der Waals surface area contributed by atoms with E-state index in [4.69, 9.17) is 5.73 Å². The molecule has 82 valence electrons. The van der Waals surface area contributed by atoms with Crippen LogP contribution >= 0.6 is 0 Å². The monoisotopic (exact) mass is 208 g/mol. The minimum Gasteiger partial charge on any atom is -0.349 e. The van der Waals surface area contributed by atoms with Crippen molar-refractivity contribution >= 4 is 5.91 Å². The van der Waals surface area contributed by atoms with Gasteiger partial charge in [-0.15, -0.1) is 0 Å². The van der Waals surface area contributed by atoms with E-state index in [2.05, 4.69) is 10.4 Å². The van der Waals surface area contributed by atoms with E-state index >= 15 is 0 Å². The zero-order valence-corrected chi connectivity index (χ0v) is 9.03. The van der Waals surface area contributed by atoms with Crippen molar-refractivity contribution in [2.45, 2.75) is 31.8 Å². The number of aryl methyl sites for hydroxylation is 2. The van der Waals surface area contributed by atoms with E-state index in [-0.39, 0.29) is 18.0 Å². The topological polar surface area (TPSA) is 72.9 Å². The van der Waals surface area contributed by atoms with Gasteiger partial charge in [0, 0.05) is 25.3 Å². The van der Waals surface area contributed by atoms with Crippen LogP contribution in [0.4, 0.5) is 0 Å². The average molecular weight is 208 g/mol. The number of nitrogens with one attached hydrogen (secondary N) is 1. The molecule has 5 nitrogen and oxygen atoms in total.